The fourth-order valence-electron chi connectivity index (χ4n) is 2.85. The zero-order chi connectivity index (χ0) is 15.1. The quantitative estimate of drug-likeness (QED) is 0.926. The van der Waals surface area contributed by atoms with Crippen LogP contribution >= 0.6 is 0 Å². The Labute approximate surface area is 128 Å². The van der Waals surface area contributed by atoms with E-state index in [1.54, 1.807) is 0 Å². The van der Waals surface area contributed by atoms with E-state index in [9.17, 15) is 0 Å². The summed E-state index contributed by atoms with van der Waals surface area (Å²) in [5.74, 6) is 0.662. The van der Waals surface area contributed by atoms with Gasteiger partial charge in [-0.15, -0.1) is 0 Å². The predicted molar refractivity (Wildman–Crippen MR) is 90.2 cm³/mol. The van der Waals surface area contributed by atoms with Crippen molar-refractivity contribution >= 4 is 0 Å². The van der Waals surface area contributed by atoms with Crippen LogP contribution in [0.15, 0.2) is 60.7 Å². The molecule has 1 saturated heterocycles. The predicted octanol–water partition coefficient (Wildman–Crippen LogP) is 3.69. The molecule has 1 aliphatic rings. The standard InChI is InChI=1S/C17H20N2.C2H6/c18-11-14-12-19(13-14)17(15-7-3-1-4-8-15)16-9-5-2-6-10-16;1-2/h1-10,14,17H,11-13,18H2;1-2H3. The normalized spacial score (nSPS) is 15.2. The molecule has 0 radical (unpaired) electrons. The molecule has 0 atom stereocenters. The number of nitrogens with two attached hydrogens (primary N) is 1. The molecule has 0 saturated carbocycles. The zero-order valence-corrected chi connectivity index (χ0v) is 13.1. The van der Waals surface area contributed by atoms with Gasteiger partial charge in [0, 0.05) is 13.1 Å². The van der Waals surface area contributed by atoms with Crippen LogP contribution in [0.25, 0.3) is 0 Å². The van der Waals surface area contributed by atoms with Crippen molar-refractivity contribution in [1.29, 1.82) is 0 Å². The van der Waals surface area contributed by atoms with Gasteiger partial charge in [-0.3, -0.25) is 4.90 Å². The van der Waals surface area contributed by atoms with Crippen LogP contribution in [-0.4, -0.2) is 24.5 Å². The zero-order valence-electron chi connectivity index (χ0n) is 13.1. The highest BCUT2D eigenvalue weighted by atomic mass is 15.2. The van der Waals surface area contributed by atoms with E-state index in [-0.39, 0.29) is 0 Å². The van der Waals surface area contributed by atoms with Crippen LogP contribution in [0.3, 0.4) is 0 Å². The number of nitrogens with zero attached hydrogens (tertiary/aromatic N) is 1. The number of benzene rings is 2. The molecule has 2 heteroatoms. The number of hydrogen-bond acceptors (Lipinski definition) is 2. The second kappa shape index (κ2) is 7.96. The average Bonchev–Trinajstić information content (AvgIpc) is 2.54. The lowest BCUT2D eigenvalue weighted by atomic mass is 9.90. The molecular weight excluding hydrogens is 256 g/mol. The van der Waals surface area contributed by atoms with Gasteiger partial charge in [-0.2, -0.15) is 0 Å². The van der Waals surface area contributed by atoms with Crippen LogP contribution in [0.4, 0.5) is 0 Å². The van der Waals surface area contributed by atoms with E-state index in [0.717, 1.165) is 19.6 Å². The van der Waals surface area contributed by atoms with Crippen molar-refractivity contribution < 1.29 is 0 Å². The van der Waals surface area contributed by atoms with Crippen LogP contribution in [0.2, 0.25) is 0 Å². The summed E-state index contributed by atoms with van der Waals surface area (Å²) < 4.78 is 0. The smallest absolute Gasteiger partial charge is 0.0602 e. The monoisotopic (exact) mass is 282 g/mol. The van der Waals surface area contributed by atoms with E-state index in [4.69, 9.17) is 5.73 Å². The summed E-state index contributed by atoms with van der Waals surface area (Å²) in [7, 11) is 0. The summed E-state index contributed by atoms with van der Waals surface area (Å²) in [6.45, 7) is 7.00. The molecule has 2 nitrogen and oxygen atoms in total. The number of rotatable bonds is 4. The molecule has 2 aromatic rings. The maximum Gasteiger partial charge on any atom is 0.0602 e. The van der Waals surface area contributed by atoms with Crippen LogP contribution in [0.5, 0.6) is 0 Å². The summed E-state index contributed by atoms with van der Waals surface area (Å²) >= 11 is 0. The summed E-state index contributed by atoms with van der Waals surface area (Å²) in [6.07, 6.45) is 0. The second-order valence-electron chi connectivity index (χ2n) is 5.28. The Morgan fingerprint density at radius 2 is 1.33 bits per heavy atom. The van der Waals surface area contributed by atoms with Gasteiger partial charge in [-0.05, 0) is 23.6 Å². The summed E-state index contributed by atoms with van der Waals surface area (Å²) in [5.41, 5.74) is 8.48. The average molecular weight is 282 g/mol. The first kappa shape index (κ1) is 15.7. The third kappa shape index (κ3) is 3.72. The highest BCUT2D eigenvalue weighted by Gasteiger charge is 2.32. The van der Waals surface area contributed by atoms with E-state index >= 15 is 0 Å². The third-order valence-corrected chi connectivity index (χ3v) is 3.91. The summed E-state index contributed by atoms with van der Waals surface area (Å²) in [6, 6.07) is 21.8. The number of likely N-dealkylation sites (tertiary alicyclic amines) is 1. The molecule has 3 rings (SSSR count). The fraction of sp³-hybridized carbons (Fsp3) is 0.368. The Kier molecular flexibility index (Phi) is 5.97. The topological polar surface area (TPSA) is 29.3 Å². The fourth-order valence-corrected chi connectivity index (χ4v) is 2.85. The Morgan fingerprint density at radius 3 is 1.71 bits per heavy atom. The molecule has 0 spiro atoms. The maximum atomic E-state index is 5.75. The Hall–Kier alpha value is -1.64. The van der Waals surface area contributed by atoms with Crippen molar-refractivity contribution in [2.24, 2.45) is 11.7 Å². The van der Waals surface area contributed by atoms with Crippen molar-refractivity contribution in [3.63, 3.8) is 0 Å². The first-order valence-corrected chi connectivity index (χ1v) is 7.92. The van der Waals surface area contributed by atoms with Crippen molar-refractivity contribution in [3.8, 4) is 0 Å². The van der Waals surface area contributed by atoms with Gasteiger partial charge in [-0.1, -0.05) is 74.5 Å². The van der Waals surface area contributed by atoms with Crippen molar-refractivity contribution in [2.45, 2.75) is 19.9 Å². The van der Waals surface area contributed by atoms with E-state index in [1.807, 2.05) is 13.8 Å². The molecule has 0 amide bonds. The number of hydrogen-bond donors (Lipinski definition) is 1. The van der Waals surface area contributed by atoms with Gasteiger partial charge < -0.3 is 5.73 Å². The van der Waals surface area contributed by atoms with Crippen molar-refractivity contribution in [1.82, 2.24) is 4.90 Å². The molecule has 0 aliphatic carbocycles. The minimum absolute atomic E-state index is 0.366. The lowest BCUT2D eigenvalue weighted by molar-refractivity contribution is 0.0737. The SMILES string of the molecule is CC.NCC1CN(C(c2ccccc2)c2ccccc2)C1. The molecular formula is C19H26N2. The van der Waals surface area contributed by atoms with Gasteiger partial charge in [0.15, 0.2) is 0 Å². The lowest BCUT2D eigenvalue weighted by Gasteiger charge is -2.44. The second-order valence-corrected chi connectivity index (χ2v) is 5.28. The third-order valence-electron chi connectivity index (χ3n) is 3.91. The molecule has 1 fully saturated rings. The summed E-state index contributed by atoms with van der Waals surface area (Å²) in [4.78, 5) is 2.52. The maximum absolute atomic E-state index is 5.75. The molecule has 1 aliphatic heterocycles. The Balaban J connectivity index is 0.000000774. The largest absolute Gasteiger partial charge is 0.330 e. The van der Waals surface area contributed by atoms with Gasteiger partial charge in [0.05, 0.1) is 6.04 Å². The lowest BCUT2D eigenvalue weighted by Crippen LogP contribution is -2.51. The van der Waals surface area contributed by atoms with Gasteiger partial charge in [-0.25, -0.2) is 0 Å². The molecule has 112 valence electrons. The van der Waals surface area contributed by atoms with Crippen LogP contribution < -0.4 is 5.73 Å². The molecule has 1 heterocycles. The van der Waals surface area contributed by atoms with Crippen LogP contribution in [0, 0.1) is 5.92 Å². The minimum Gasteiger partial charge on any atom is -0.330 e. The molecule has 0 bridgehead atoms. The van der Waals surface area contributed by atoms with Crippen LogP contribution in [0.1, 0.15) is 31.0 Å². The molecule has 2 N–H and O–H groups in total. The Morgan fingerprint density at radius 1 is 0.905 bits per heavy atom. The summed E-state index contributed by atoms with van der Waals surface area (Å²) in [5, 5.41) is 0. The van der Waals surface area contributed by atoms with Gasteiger partial charge in [0.1, 0.15) is 0 Å². The first-order valence-electron chi connectivity index (χ1n) is 7.92. The van der Waals surface area contributed by atoms with Crippen LogP contribution in [-0.2, 0) is 0 Å². The van der Waals surface area contributed by atoms with Gasteiger partial charge in [0.25, 0.3) is 0 Å². The van der Waals surface area contributed by atoms with Gasteiger partial charge >= 0.3 is 0 Å². The van der Waals surface area contributed by atoms with Gasteiger partial charge in [0.2, 0.25) is 0 Å². The Bertz CT molecular complexity index is 464. The highest BCUT2D eigenvalue weighted by Crippen LogP contribution is 2.33. The van der Waals surface area contributed by atoms with Crippen molar-refractivity contribution in [3.05, 3.63) is 71.8 Å². The molecule has 2 aromatic carbocycles. The molecule has 0 unspecified atom stereocenters. The minimum atomic E-state index is 0.366. The van der Waals surface area contributed by atoms with Crippen molar-refractivity contribution in [2.75, 3.05) is 19.6 Å². The van der Waals surface area contributed by atoms with E-state index < -0.39 is 0 Å². The molecule has 21 heavy (non-hydrogen) atoms. The van der Waals surface area contributed by atoms with E-state index in [2.05, 4.69) is 65.6 Å². The van der Waals surface area contributed by atoms with E-state index in [0.29, 0.717) is 12.0 Å². The first-order chi connectivity index (χ1) is 10.4. The highest BCUT2D eigenvalue weighted by molar-refractivity contribution is 5.32. The van der Waals surface area contributed by atoms with E-state index in [1.165, 1.54) is 11.1 Å². The molecule has 0 aromatic heterocycles.